The van der Waals surface area contributed by atoms with Crippen molar-refractivity contribution in [3.8, 4) is 0 Å². The number of nitrogens with zero attached hydrogens (tertiary/aromatic N) is 2. The topological polar surface area (TPSA) is 64.1 Å². The predicted molar refractivity (Wildman–Crippen MR) is 61.3 cm³/mol. The molecule has 16 heavy (non-hydrogen) atoms. The van der Waals surface area contributed by atoms with Gasteiger partial charge in [-0.05, 0) is 13.3 Å². The average molecular weight is 221 g/mol. The first-order valence-electron chi connectivity index (χ1n) is 5.03. The Kier molecular flexibility index (Phi) is 4.98. The Morgan fingerprint density at radius 3 is 3.06 bits per heavy atom. The Morgan fingerprint density at radius 2 is 2.38 bits per heavy atom. The van der Waals surface area contributed by atoms with Gasteiger partial charge < -0.3 is 10.1 Å². The minimum Gasteiger partial charge on any atom is -0.464 e. The van der Waals surface area contributed by atoms with Gasteiger partial charge in [-0.2, -0.15) is 0 Å². The second-order valence-electron chi connectivity index (χ2n) is 3.07. The normalized spacial score (nSPS) is 10.4. The molecule has 86 valence electrons. The summed E-state index contributed by atoms with van der Waals surface area (Å²) >= 11 is 0. The van der Waals surface area contributed by atoms with Crippen LogP contribution in [0.3, 0.4) is 0 Å². The molecule has 0 fully saturated rings. The maximum Gasteiger partial charge on any atom is 0.358 e. The van der Waals surface area contributed by atoms with Crippen molar-refractivity contribution in [1.82, 2.24) is 9.97 Å². The van der Waals surface area contributed by atoms with Crippen molar-refractivity contribution >= 4 is 11.8 Å². The van der Waals surface area contributed by atoms with E-state index in [0.29, 0.717) is 5.82 Å². The van der Waals surface area contributed by atoms with E-state index >= 15 is 0 Å². The summed E-state index contributed by atoms with van der Waals surface area (Å²) in [6.45, 7) is 2.72. The number of aromatic nitrogens is 2. The van der Waals surface area contributed by atoms with Gasteiger partial charge >= 0.3 is 5.97 Å². The molecular weight excluding hydrogens is 206 g/mol. The van der Waals surface area contributed by atoms with E-state index in [9.17, 15) is 4.79 Å². The van der Waals surface area contributed by atoms with Gasteiger partial charge in [0.2, 0.25) is 0 Å². The highest BCUT2D eigenvalue weighted by Crippen LogP contribution is 2.03. The van der Waals surface area contributed by atoms with Gasteiger partial charge in [0.05, 0.1) is 19.5 Å². The van der Waals surface area contributed by atoms with Gasteiger partial charge in [-0.15, -0.1) is 0 Å². The van der Waals surface area contributed by atoms with Gasteiger partial charge in [-0.3, -0.25) is 4.98 Å². The fourth-order valence-electron chi connectivity index (χ4n) is 1.10. The van der Waals surface area contributed by atoms with E-state index in [0.717, 1.165) is 13.0 Å². The number of hydrogen-bond acceptors (Lipinski definition) is 5. The molecular formula is C11H15N3O2. The van der Waals surface area contributed by atoms with Crippen molar-refractivity contribution in [2.75, 3.05) is 19.0 Å². The first-order chi connectivity index (χ1) is 7.77. The van der Waals surface area contributed by atoms with Crippen LogP contribution < -0.4 is 5.32 Å². The summed E-state index contributed by atoms with van der Waals surface area (Å²) in [4.78, 5) is 19.2. The molecule has 0 aliphatic carbocycles. The molecule has 0 aromatic carbocycles. The van der Waals surface area contributed by atoms with E-state index in [1.807, 2.05) is 19.1 Å². The van der Waals surface area contributed by atoms with Gasteiger partial charge in [0, 0.05) is 6.54 Å². The predicted octanol–water partition coefficient (Wildman–Crippen LogP) is 1.64. The molecule has 0 atom stereocenters. The molecule has 0 aliphatic heterocycles. The van der Waals surface area contributed by atoms with Crippen LogP contribution >= 0.6 is 0 Å². The average Bonchev–Trinajstić information content (AvgIpc) is 2.34. The third kappa shape index (κ3) is 3.68. The SMILES string of the molecule is C/C=C/CCNc1cncc(C(=O)OC)n1. The Labute approximate surface area is 94.6 Å². The standard InChI is InChI=1S/C11H15N3O2/c1-3-4-5-6-13-10-8-12-7-9(14-10)11(15)16-2/h3-4,7-8H,5-6H2,1-2H3,(H,13,14)/b4-3+. The van der Waals surface area contributed by atoms with Crippen LogP contribution in [-0.4, -0.2) is 29.6 Å². The first kappa shape index (κ1) is 12.2. The second kappa shape index (κ2) is 6.55. The van der Waals surface area contributed by atoms with Gasteiger partial charge in [-0.25, -0.2) is 9.78 Å². The minimum absolute atomic E-state index is 0.207. The van der Waals surface area contributed by atoms with Crippen molar-refractivity contribution < 1.29 is 9.53 Å². The monoisotopic (exact) mass is 221 g/mol. The number of carbonyl (C=O) groups is 1. The number of anilines is 1. The number of allylic oxidation sites excluding steroid dienone is 1. The lowest BCUT2D eigenvalue weighted by atomic mass is 10.4. The number of methoxy groups -OCH3 is 1. The zero-order valence-electron chi connectivity index (χ0n) is 9.43. The van der Waals surface area contributed by atoms with Crippen LogP contribution in [0, 0.1) is 0 Å². The summed E-state index contributed by atoms with van der Waals surface area (Å²) in [5.74, 6) is 0.0945. The molecule has 5 heteroatoms. The molecule has 0 amide bonds. The highest BCUT2D eigenvalue weighted by atomic mass is 16.5. The van der Waals surface area contributed by atoms with E-state index in [2.05, 4.69) is 20.0 Å². The van der Waals surface area contributed by atoms with E-state index in [1.54, 1.807) is 6.20 Å². The number of rotatable bonds is 5. The summed E-state index contributed by atoms with van der Waals surface area (Å²) in [6, 6.07) is 0. The summed E-state index contributed by atoms with van der Waals surface area (Å²) in [7, 11) is 1.32. The zero-order valence-corrected chi connectivity index (χ0v) is 9.43. The Bertz CT molecular complexity index is 377. The van der Waals surface area contributed by atoms with E-state index < -0.39 is 5.97 Å². The number of ether oxygens (including phenoxy) is 1. The lowest BCUT2D eigenvalue weighted by Gasteiger charge is -2.04. The molecule has 0 saturated carbocycles. The van der Waals surface area contributed by atoms with Gasteiger partial charge in [-0.1, -0.05) is 12.2 Å². The highest BCUT2D eigenvalue weighted by molar-refractivity contribution is 5.87. The molecule has 0 radical (unpaired) electrons. The number of esters is 1. The Morgan fingerprint density at radius 1 is 1.56 bits per heavy atom. The number of carbonyl (C=O) groups excluding carboxylic acids is 1. The summed E-state index contributed by atoms with van der Waals surface area (Å²) in [5.41, 5.74) is 0.207. The lowest BCUT2D eigenvalue weighted by molar-refractivity contribution is 0.0593. The zero-order chi connectivity index (χ0) is 11.8. The fraction of sp³-hybridized carbons (Fsp3) is 0.364. The summed E-state index contributed by atoms with van der Waals surface area (Å²) in [6.07, 6.45) is 7.88. The molecule has 0 spiro atoms. The van der Waals surface area contributed by atoms with Crippen LogP contribution in [0.5, 0.6) is 0 Å². The highest BCUT2D eigenvalue weighted by Gasteiger charge is 2.07. The molecule has 5 nitrogen and oxygen atoms in total. The number of nitrogens with one attached hydrogen (secondary N) is 1. The Balaban J connectivity index is 2.57. The third-order valence-corrected chi connectivity index (χ3v) is 1.88. The third-order valence-electron chi connectivity index (χ3n) is 1.88. The van der Waals surface area contributed by atoms with Crippen molar-refractivity contribution in [3.05, 3.63) is 30.2 Å². The van der Waals surface area contributed by atoms with Crippen molar-refractivity contribution in [3.63, 3.8) is 0 Å². The van der Waals surface area contributed by atoms with Crippen LogP contribution in [0.1, 0.15) is 23.8 Å². The van der Waals surface area contributed by atoms with Crippen molar-refractivity contribution in [1.29, 1.82) is 0 Å². The molecule has 1 N–H and O–H groups in total. The maximum absolute atomic E-state index is 11.2. The van der Waals surface area contributed by atoms with Gasteiger partial charge in [0.15, 0.2) is 5.69 Å². The molecule has 0 bridgehead atoms. The van der Waals surface area contributed by atoms with Crippen LogP contribution in [0.25, 0.3) is 0 Å². The summed E-state index contributed by atoms with van der Waals surface area (Å²) < 4.78 is 4.55. The minimum atomic E-state index is -0.482. The second-order valence-corrected chi connectivity index (χ2v) is 3.07. The van der Waals surface area contributed by atoms with Crippen LogP contribution in [0.4, 0.5) is 5.82 Å². The van der Waals surface area contributed by atoms with Gasteiger partial charge in [0.25, 0.3) is 0 Å². The molecule has 1 rings (SSSR count). The van der Waals surface area contributed by atoms with E-state index in [1.165, 1.54) is 13.3 Å². The molecule has 1 heterocycles. The van der Waals surface area contributed by atoms with Crippen molar-refractivity contribution in [2.45, 2.75) is 13.3 Å². The lowest BCUT2D eigenvalue weighted by Crippen LogP contribution is -2.09. The van der Waals surface area contributed by atoms with E-state index in [4.69, 9.17) is 0 Å². The molecule has 1 aromatic heterocycles. The Hall–Kier alpha value is -1.91. The van der Waals surface area contributed by atoms with Crippen molar-refractivity contribution in [2.24, 2.45) is 0 Å². The quantitative estimate of drug-likeness (QED) is 0.465. The van der Waals surface area contributed by atoms with E-state index in [-0.39, 0.29) is 5.69 Å². The fourth-order valence-corrected chi connectivity index (χ4v) is 1.10. The first-order valence-corrected chi connectivity index (χ1v) is 5.03. The largest absolute Gasteiger partial charge is 0.464 e. The van der Waals surface area contributed by atoms with Crippen LogP contribution in [-0.2, 0) is 4.74 Å². The van der Waals surface area contributed by atoms with Gasteiger partial charge in [0.1, 0.15) is 5.82 Å². The summed E-state index contributed by atoms with van der Waals surface area (Å²) in [5, 5.41) is 3.07. The molecule has 0 saturated heterocycles. The number of hydrogen-bond donors (Lipinski definition) is 1. The molecule has 1 aromatic rings. The molecule has 0 unspecified atom stereocenters. The van der Waals surface area contributed by atoms with Crippen LogP contribution in [0.2, 0.25) is 0 Å². The molecule has 0 aliphatic rings. The van der Waals surface area contributed by atoms with Crippen LogP contribution in [0.15, 0.2) is 24.5 Å². The maximum atomic E-state index is 11.2. The smallest absolute Gasteiger partial charge is 0.358 e.